The highest BCUT2D eigenvalue weighted by Gasteiger charge is 2.31. The van der Waals surface area contributed by atoms with Gasteiger partial charge >= 0.3 is 12.1 Å². The SMILES string of the molecule is CN(OCC(=O)O)C(=O)[C@@H](NC(=O)OCC1c2ccccc2-c2ccccc21)c1ccccc1. The van der Waals surface area contributed by atoms with Crippen LogP contribution in [0.3, 0.4) is 0 Å². The van der Waals surface area contributed by atoms with E-state index in [1.807, 2.05) is 48.5 Å². The molecular formula is C26H24N2O6. The zero-order chi connectivity index (χ0) is 24.1. The number of hydrogen-bond donors (Lipinski definition) is 2. The molecule has 0 saturated heterocycles. The molecule has 8 heteroatoms. The summed E-state index contributed by atoms with van der Waals surface area (Å²) in [6.07, 6.45) is -0.768. The van der Waals surface area contributed by atoms with Crippen LogP contribution < -0.4 is 5.32 Å². The van der Waals surface area contributed by atoms with Crippen LogP contribution in [-0.2, 0) is 19.2 Å². The summed E-state index contributed by atoms with van der Waals surface area (Å²) < 4.78 is 5.56. The molecule has 3 aromatic carbocycles. The van der Waals surface area contributed by atoms with Crippen molar-refractivity contribution in [2.45, 2.75) is 12.0 Å². The van der Waals surface area contributed by atoms with Crippen molar-refractivity contribution in [1.29, 1.82) is 0 Å². The normalized spacial score (nSPS) is 12.9. The van der Waals surface area contributed by atoms with E-state index in [2.05, 4.69) is 5.32 Å². The van der Waals surface area contributed by atoms with Crippen LogP contribution in [0.15, 0.2) is 78.9 Å². The molecule has 174 valence electrons. The van der Waals surface area contributed by atoms with Crippen LogP contribution in [-0.4, -0.2) is 48.4 Å². The number of carbonyl (C=O) groups excluding carboxylic acids is 2. The fraction of sp³-hybridized carbons (Fsp3) is 0.192. The van der Waals surface area contributed by atoms with Crippen LogP contribution >= 0.6 is 0 Å². The molecule has 0 unspecified atom stereocenters. The molecule has 0 heterocycles. The fourth-order valence-electron chi connectivity index (χ4n) is 4.09. The second kappa shape index (κ2) is 10.2. The van der Waals surface area contributed by atoms with E-state index in [1.54, 1.807) is 30.3 Å². The summed E-state index contributed by atoms with van der Waals surface area (Å²) in [5.74, 6) is -1.98. The molecule has 1 aliphatic rings. The van der Waals surface area contributed by atoms with E-state index in [4.69, 9.17) is 14.7 Å². The summed E-state index contributed by atoms with van der Waals surface area (Å²) in [6.45, 7) is -0.588. The standard InChI is InChI=1S/C26H24N2O6/c1-28(34-16-23(29)30)25(31)24(17-9-3-2-4-10-17)27-26(32)33-15-22-20-13-7-5-11-18(20)19-12-6-8-14-21(19)22/h2-14,22,24H,15-16H2,1H3,(H,27,32)(H,29,30)/t24-/m0/s1. The predicted octanol–water partition coefficient (Wildman–Crippen LogP) is 3.74. The van der Waals surface area contributed by atoms with E-state index in [0.717, 1.165) is 27.3 Å². The lowest BCUT2D eigenvalue weighted by atomic mass is 9.98. The minimum atomic E-state index is -1.22. The maximum absolute atomic E-state index is 12.9. The number of carboxylic acids is 1. The van der Waals surface area contributed by atoms with E-state index < -0.39 is 30.6 Å². The van der Waals surface area contributed by atoms with Gasteiger partial charge in [0.1, 0.15) is 12.6 Å². The van der Waals surface area contributed by atoms with Crippen LogP contribution in [0, 0.1) is 0 Å². The highest BCUT2D eigenvalue weighted by atomic mass is 16.7. The first-order valence-electron chi connectivity index (χ1n) is 10.7. The number of rotatable bonds is 8. The first-order chi connectivity index (χ1) is 16.5. The number of benzene rings is 3. The van der Waals surface area contributed by atoms with Gasteiger partial charge in [-0.3, -0.25) is 9.63 Å². The second-order valence-electron chi connectivity index (χ2n) is 7.82. The third-order valence-corrected chi connectivity index (χ3v) is 5.68. The van der Waals surface area contributed by atoms with Crippen LogP contribution in [0.25, 0.3) is 11.1 Å². The number of aliphatic carboxylic acids is 1. The molecule has 0 radical (unpaired) electrons. The molecule has 0 aromatic heterocycles. The van der Waals surface area contributed by atoms with Gasteiger partial charge < -0.3 is 15.2 Å². The lowest BCUT2D eigenvalue weighted by Gasteiger charge is -2.24. The van der Waals surface area contributed by atoms with E-state index >= 15 is 0 Å². The number of nitrogens with zero attached hydrogens (tertiary/aromatic N) is 1. The summed E-state index contributed by atoms with van der Waals surface area (Å²) in [5.41, 5.74) is 4.89. The number of nitrogens with one attached hydrogen (secondary N) is 1. The molecule has 2 amide bonds. The quantitative estimate of drug-likeness (QED) is 0.496. The Hall–Kier alpha value is -4.17. The van der Waals surface area contributed by atoms with E-state index in [0.29, 0.717) is 5.56 Å². The van der Waals surface area contributed by atoms with Crippen LogP contribution in [0.1, 0.15) is 28.7 Å². The molecule has 1 aliphatic carbocycles. The van der Waals surface area contributed by atoms with Crippen molar-refractivity contribution in [3.05, 3.63) is 95.6 Å². The number of hydrogen-bond acceptors (Lipinski definition) is 5. The number of fused-ring (bicyclic) bond motifs is 3. The Morgan fingerprint density at radius 2 is 1.47 bits per heavy atom. The Morgan fingerprint density at radius 3 is 2.06 bits per heavy atom. The summed E-state index contributed by atoms with van der Waals surface area (Å²) in [5, 5.41) is 12.2. The van der Waals surface area contributed by atoms with Gasteiger partial charge in [-0.15, -0.1) is 0 Å². The average molecular weight is 460 g/mol. The summed E-state index contributed by atoms with van der Waals surface area (Å²) in [6, 6.07) is 23.5. The van der Waals surface area contributed by atoms with Gasteiger partial charge in [0.2, 0.25) is 0 Å². The Balaban J connectivity index is 1.47. The van der Waals surface area contributed by atoms with Gasteiger partial charge in [-0.25, -0.2) is 14.7 Å². The van der Waals surface area contributed by atoms with Crippen LogP contribution in [0.2, 0.25) is 0 Å². The number of likely N-dealkylation sites (N-methyl/N-ethyl adjacent to an activating group) is 1. The highest BCUT2D eigenvalue weighted by molar-refractivity contribution is 5.86. The van der Waals surface area contributed by atoms with Crippen LogP contribution in [0.5, 0.6) is 0 Å². The van der Waals surface area contributed by atoms with Crippen molar-refractivity contribution in [2.75, 3.05) is 20.3 Å². The van der Waals surface area contributed by atoms with Crippen molar-refractivity contribution in [3.8, 4) is 11.1 Å². The molecule has 0 saturated carbocycles. The number of ether oxygens (including phenoxy) is 1. The van der Waals surface area contributed by atoms with E-state index in [-0.39, 0.29) is 12.5 Å². The molecule has 4 rings (SSSR count). The maximum atomic E-state index is 12.9. The lowest BCUT2D eigenvalue weighted by Crippen LogP contribution is -2.42. The molecule has 34 heavy (non-hydrogen) atoms. The Labute approximate surface area is 196 Å². The third-order valence-electron chi connectivity index (χ3n) is 5.68. The van der Waals surface area contributed by atoms with Crippen LogP contribution in [0.4, 0.5) is 4.79 Å². The monoisotopic (exact) mass is 460 g/mol. The first-order valence-corrected chi connectivity index (χ1v) is 10.7. The lowest BCUT2D eigenvalue weighted by molar-refractivity contribution is -0.187. The van der Waals surface area contributed by atoms with Crippen molar-refractivity contribution < 1.29 is 29.1 Å². The molecule has 2 N–H and O–H groups in total. The number of amides is 2. The van der Waals surface area contributed by atoms with E-state index in [1.165, 1.54) is 7.05 Å². The van der Waals surface area contributed by atoms with Gasteiger partial charge in [0.25, 0.3) is 5.91 Å². The van der Waals surface area contributed by atoms with Gasteiger partial charge in [0.05, 0.1) is 0 Å². The fourth-order valence-corrected chi connectivity index (χ4v) is 4.09. The van der Waals surface area contributed by atoms with Gasteiger partial charge in [-0.2, -0.15) is 0 Å². The number of hydroxylamine groups is 2. The predicted molar refractivity (Wildman–Crippen MR) is 124 cm³/mol. The molecule has 0 bridgehead atoms. The first kappa shape index (κ1) is 23.0. The molecule has 3 aromatic rings. The van der Waals surface area contributed by atoms with E-state index in [9.17, 15) is 14.4 Å². The minimum Gasteiger partial charge on any atom is -0.479 e. The van der Waals surface area contributed by atoms with Crippen molar-refractivity contribution in [1.82, 2.24) is 10.4 Å². The number of carboxylic acid groups (broad SMARTS) is 1. The van der Waals surface area contributed by atoms with Crippen molar-refractivity contribution in [2.24, 2.45) is 0 Å². The van der Waals surface area contributed by atoms with Gasteiger partial charge in [-0.05, 0) is 27.8 Å². The number of alkyl carbamates (subject to hydrolysis) is 1. The Kier molecular flexibility index (Phi) is 6.89. The Morgan fingerprint density at radius 1 is 0.912 bits per heavy atom. The van der Waals surface area contributed by atoms with Gasteiger partial charge in [0, 0.05) is 13.0 Å². The van der Waals surface area contributed by atoms with Crippen molar-refractivity contribution in [3.63, 3.8) is 0 Å². The second-order valence-corrected chi connectivity index (χ2v) is 7.82. The Bertz CT molecular complexity index is 1150. The molecule has 0 aliphatic heterocycles. The molecule has 0 fully saturated rings. The summed E-state index contributed by atoms with van der Waals surface area (Å²) in [4.78, 5) is 41.4. The third kappa shape index (κ3) is 4.92. The summed E-state index contributed by atoms with van der Waals surface area (Å²) in [7, 11) is 1.29. The smallest absolute Gasteiger partial charge is 0.408 e. The molecular weight excluding hydrogens is 436 g/mol. The van der Waals surface area contributed by atoms with Gasteiger partial charge in [-0.1, -0.05) is 78.9 Å². The zero-order valence-electron chi connectivity index (χ0n) is 18.5. The van der Waals surface area contributed by atoms with Crippen molar-refractivity contribution >= 4 is 18.0 Å². The topological polar surface area (TPSA) is 105 Å². The highest BCUT2D eigenvalue weighted by Crippen LogP contribution is 2.44. The van der Waals surface area contributed by atoms with Gasteiger partial charge in [0.15, 0.2) is 6.61 Å². The largest absolute Gasteiger partial charge is 0.479 e. The zero-order valence-corrected chi connectivity index (χ0v) is 18.5. The number of carbonyl (C=O) groups is 3. The minimum absolute atomic E-state index is 0.0981. The maximum Gasteiger partial charge on any atom is 0.408 e. The molecule has 1 atom stereocenters. The molecule has 0 spiro atoms. The summed E-state index contributed by atoms with van der Waals surface area (Å²) >= 11 is 0. The average Bonchev–Trinajstić information content (AvgIpc) is 3.18. The molecule has 8 nitrogen and oxygen atoms in total.